The van der Waals surface area contributed by atoms with E-state index in [2.05, 4.69) is 0 Å². The van der Waals surface area contributed by atoms with E-state index in [1.807, 2.05) is 18.2 Å². The molecule has 3 rings (SSSR count). The van der Waals surface area contributed by atoms with Gasteiger partial charge >= 0.3 is 5.97 Å². The number of rotatable bonds is 6. The van der Waals surface area contributed by atoms with Gasteiger partial charge in [-0.2, -0.15) is 0 Å². The third kappa shape index (κ3) is 3.74. The Kier molecular flexibility index (Phi) is 5.18. The van der Waals surface area contributed by atoms with Gasteiger partial charge in [0.2, 0.25) is 5.91 Å². The van der Waals surface area contributed by atoms with E-state index >= 15 is 0 Å². The van der Waals surface area contributed by atoms with Crippen LogP contribution in [0.4, 0.5) is 0 Å². The number of carbonyl (C=O) groups excluding carboxylic acids is 2. The highest BCUT2D eigenvalue weighted by Crippen LogP contribution is 2.24. The van der Waals surface area contributed by atoms with Crippen molar-refractivity contribution in [2.45, 2.75) is 50.7 Å². The van der Waals surface area contributed by atoms with Crippen LogP contribution in [-0.2, 0) is 27.2 Å². The van der Waals surface area contributed by atoms with Crippen LogP contribution in [0, 0.1) is 0 Å². The number of carboxylic acid groups (broad SMARTS) is 1. The van der Waals surface area contributed by atoms with Gasteiger partial charge in [-0.1, -0.05) is 12.1 Å². The van der Waals surface area contributed by atoms with Crippen molar-refractivity contribution in [2.24, 2.45) is 0 Å². The number of likely N-dealkylation sites (tertiary alicyclic amines) is 1. The highest BCUT2D eigenvalue weighted by Gasteiger charge is 2.39. The summed E-state index contributed by atoms with van der Waals surface area (Å²) < 4.78 is 5.19. The van der Waals surface area contributed by atoms with Gasteiger partial charge in [-0.05, 0) is 36.5 Å². The van der Waals surface area contributed by atoms with E-state index < -0.39 is 12.0 Å². The Morgan fingerprint density at radius 1 is 1.20 bits per heavy atom. The molecule has 1 fully saturated rings. The number of aliphatic carboxylic acids is 1. The second-order valence-electron chi connectivity index (χ2n) is 6.75. The summed E-state index contributed by atoms with van der Waals surface area (Å²) in [6, 6.07) is 4.90. The van der Waals surface area contributed by atoms with Crippen LogP contribution in [0.3, 0.4) is 0 Å². The summed E-state index contributed by atoms with van der Waals surface area (Å²) in [5.74, 6) is -1.41. The summed E-state index contributed by atoms with van der Waals surface area (Å²) >= 11 is 0. The molecule has 1 aliphatic carbocycles. The molecule has 1 saturated heterocycles. The quantitative estimate of drug-likeness (QED) is 0.795. The molecule has 0 radical (unpaired) electrons. The molecule has 0 aromatic heterocycles. The molecule has 2 aliphatic rings. The fourth-order valence-corrected chi connectivity index (χ4v) is 3.73. The standard InChI is InChI=1S/C19H23NO5/c1-25-15-10-16(19(23)24)20(11-15)18(22)8-7-17(21)14-6-5-12-3-2-4-13(12)9-14/h5-6,9,15-16H,2-4,7-8,10-11H2,1H3,(H,23,24). The van der Waals surface area contributed by atoms with Crippen molar-refractivity contribution in [2.75, 3.05) is 13.7 Å². The normalized spacial score (nSPS) is 22.0. The molecule has 0 spiro atoms. The SMILES string of the molecule is COC1CC(C(=O)O)N(C(=O)CCC(=O)c2ccc3c(c2)CCC3)C1. The van der Waals surface area contributed by atoms with Gasteiger partial charge in [-0.15, -0.1) is 0 Å². The van der Waals surface area contributed by atoms with Crippen molar-refractivity contribution in [3.05, 3.63) is 34.9 Å². The van der Waals surface area contributed by atoms with Crippen LogP contribution in [0.25, 0.3) is 0 Å². The van der Waals surface area contributed by atoms with E-state index in [0.29, 0.717) is 5.56 Å². The second-order valence-corrected chi connectivity index (χ2v) is 6.75. The molecule has 134 valence electrons. The maximum absolute atomic E-state index is 12.4. The zero-order valence-electron chi connectivity index (χ0n) is 14.4. The molecule has 1 aromatic rings. The van der Waals surface area contributed by atoms with Crippen molar-refractivity contribution in [3.8, 4) is 0 Å². The highest BCUT2D eigenvalue weighted by atomic mass is 16.5. The highest BCUT2D eigenvalue weighted by molar-refractivity contribution is 5.98. The first-order valence-corrected chi connectivity index (χ1v) is 8.69. The molecule has 1 aromatic carbocycles. The van der Waals surface area contributed by atoms with Gasteiger partial charge in [-0.3, -0.25) is 9.59 Å². The monoisotopic (exact) mass is 345 g/mol. The number of ketones is 1. The van der Waals surface area contributed by atoms with E-state index in [1.54, 1.807) is 0 Å². The number of aryl methyl sites for hydroxylation is 2. The van der Waals surface area contributed by atoms with E-state index in [-0.39, 0.29) is 43.6 Å². The van der Waals surface area contributed by atoms with Gasteiger partial charge < -0.3 is 14.7 Å². The molecule has 25 heavy (non-hydrogen) atoms. The molecule has 1 N–H and O–H groups in total. The van der Waals surface area contributed by atoms with Crippen molar-refractivity contribution in [1.29, 1.82) is 0 Å². The minimum atomic E-state index is -1.03. The van der Waals surface area contributed by atoms with E-state index in [0.717, 1.165) is 19.3 Å². The van der Waals surface area contributed by atoms with E-state index in [1.165, 1.54) is 23.1 Å². The molecular formula is C19H23NO5. The first-order chi connectivity index (χ1) is 12.0. The molecule has 0 bridgehead atoms. The molecule has 6 heteroatoms. The van der Waals surface area contributed by atoms with Gasteiger partial charge in [0.15, 0.2) is 5.78 Å². The van der Waals surface area contributed by atoms with E-state index in [9.17, 15) is 19.5 Å². The van der Waals surface area contributed by atoms with Crippen LogP contribution < -0.4 is 0 Å². The number of methoxy groups -OCH3 is 1. The lowest BCUT2D eigenvalue weighted by molar-refractivity contribution is -0.148. The number of carboxylic acids is 1. The lowest BCUT2D eigenvalue weighted by atomic mass is 10.0. The average molecular weight is 345 g/mol. The van der Waals surface area contributed by atoms with Gasteiger partial charge in [0.25, 0.3) is 0 Å². The zero-order chi connectivity index (χ0) is 18.0. The topological polar surface area (TPSA) is 83.9 Å². The summed E-state index contributed by atoms with van der Waals surface area (Å²) in [6.07, 6.45) is 3.33. The lowest BCUT2D eigenvalue weighted by Crippen LogP contribution is -2.40. The number of nitrogens with zero attached hydrogens (tertiary/aromatic N) is 1. The second kappa shape index (κ2) is 7.35. The summed E-state index contributed by atoms with van der Waals surface area (Å²) in [7, 11) is 1.51. The predicted octanol–water partition coefficient (Wildman–Crippen LogP) is 1.84. The van der Waals surface area contributed by atoms with Crippen LogP contribution >= 0.6 is 0 Å². The summed E-state index contributed by atoms with van der Waals surface area (Å²) in [6.45, 7) is 0.263. The number of carbonyl (C=O) groups is 3. The predicted molar refractivity (Wildman–Crippen MR) is 90.6 cm³/mol. The van der Waals surface area contributed by atoms with E-state index in [4.69, 9.17) is 4.74 Å². The van der Waals surface area contributed by atoms with Crippen molar-refractivity contribution >= 4 is 17.7 Å². The van der Waals surface area contributed by atoms with Crippen molar-refractivity contribution in [1.82, 2.24) is 4.90 Å². The maximum Gasteiger partial charge on any atom is 0.326 e. The summed E-state index contributed by atoms with van der Waals surface area (Å²) in [5, 5.41) is 9.27. The Morgan fingerprint density at radius 2 is 1.96 bits per heavy atom. The third-order valence-corrected chi connectivity index (χ3v) is 5.19. The number of hydrogen-bond donors (Lipinski definition) is 1. The maximum atomic E-state index is 12.4. The number of fused-ring (bicyclic) bond motifs is 1. The molecule has 2 atom stereocenters. The molecule has 1 heterocycles. The largest absolute Gasteiger partial charge is 0.480 e. The first-order valence-electron chi connectivity index (χ1n) is 8.69. The fraction of sp³-hybridized carbons (Fsp3) is 0.526. The summed E-state index contributed by atoms with van der Waals surface area (Å²) in [4.78, 5) is 37.4. The molecule has 0 saturated carbocycles. The molecule has 1 amide bonds. The van der Waals surface area contributed by atoms with Crippen LogP contribution in [0.2, 0.25) is 0 Å². The fourth-order valence-electron chi connectivity index (χ4n) is 3.73. The number of ether oxygens (including phenoxy) is 1. The minimum Gasteiger partial charge on any atom is -0.480 e. The Hall–Kier alpha value is -2.21. The molecule has 6 nitrogen and oxygen atoms in total. The number of amides is 1. The first kappa shape index (κ1) is 17.6. The number of benzene rings is 1. The van der Waals surface area contributed by atoms with Crippen LogP contribution in [0.1, 0.15) is 47.2 Å². The smallest absolute Gasteiger partial charge is 0.326 e. The van der Waals surface area contributed by atoms with Gasteiger partial charge in [0.05, 0.1) is 6.10 Å². The van der Waals surface area contributed by atoms with Gasteiger partial charge in [-0.25, -0.2) is 4.79 Å². The molecule has 1 aliphatic heterocycles. The van der Waals surface area contributed by atoms with Gasteiger partial charge in [0, 0.05) is 38.5 Å². The molecule has 2 unspecified atom stereocenters. The van der Waals surface area contributed by atoms with Crippen molar-refractivity contribution in [3.63, 3.8) is 0 Å². The third-order valence-electron chi connectivity index (χ3n) is 5.19. The van der Waals surface area contributed by atoms with Crippen LogP contribution in [0.15, 0.2) is 18.2 Å². The number of hydrogen-bond acceptors (Lipinski definition) is 4. The number of Topliss-reactive ketones (excluding diaryl/α,β-unsaturated/α-hetero) is 1. The Bertz CT molecular complexity index is 699. The summed E-state index contributed by atoms with van der Waals surface area (Å²) in [5.41, 5.74) is 3.17. The Labute approximate surface area is 146 Å². The average Bonchev–Trinajstić information content (AvgIpc) is 3.24. The van der Waals surface area contributed by atoms with Gasteiger partial charge in [0.1, 0.15) is 6.04 Å². The lowest BCUT2D eigenvalue weighted by Gasteiger charge is -2.21. The minimum absolute atomic E-state index is 0.0239. The van der Waals surface area contributed by atoms with Crippen molar-refractivity contribution < 1.29 is 24.2 Å². The van der Waals surface area contributed by atoms with Crippen LogP contribution in [0.5, 0.6) is 0 Å². The zero-order valence-corrected chi connectivity index (χ0v) is 14.4. The Morgan fingerprint density at radius 3 is 2.68 bits per heavy atom. The molecular weight excluding hydrogens is 322 g/mol. The van der Waals surface area contributed by atoms with Crippen LogP contribution in [-0.4, -0.2) is 53.5 Å². The Balaban J connectivity index is 1.60.